The van der Waals surface area contributed by atoms with E-state index in [0.717, 1.165) is 5.69 Å². The molecule has 0 saturated carbocycles. The van der Waals surface area contributed by atoms with Crippen molar-refractivity contribution in [2.45, 2.75) is 12.1 Å². The van der Waals surface area contributed by atoms with Crippen LogP contribution >= 0.6 is 35.4 Å². The number of nitrogens with one attached hydrogen (secondary N) is 1. The van der Waals surface area contributed by atoms with Crippen molar-refractivity contribution >= 4 is 46.2 Å². The first kappa shape index (κ1) is 20.9. The predicted octanol–water partition coefficient (Wildman–Crippen LogP) is 6.96. The van der Waals surface area contributed by atoms with Gasteiger partial charge in [-0.3, -0.25) is 4.98 Å². The van der Waals surface area contributed by atoms with E-state index in [2.05, 4.69) is 10.3 Å². The average molecular weight is 484 g/mol. The first-order valence-electron chi connectivity index (χ1n) is 9.84. The maximum atomic E-state index is 14.8. The zero-order chi connectivity index (χ0) is 22.2. The van der Waals surface area contributed by atoms with E-state index in [-0.39, 0.29) is 11.9 Å². The van der Waals surface area contributed by atoms with Gasteiger partial charge in [-0.2, -0.15) is 0 Å². The minimum Gasteiger partial charge on any atom is -0.459 e. The van der Waals surface area contributed by atoms with Gasteiger partial charge in [0.15, 0.2) is 5.11 Å². The van der Waals surface area contributed by atoms with Crippen molar-refractivity contribution < 1.29 is 8.81 Å². The van der Waals surface area contributed by atoms with Crippen LogP contribution in [0.1, 0.15) is 23.5 Å². The number of para-hydroxylation sites is 1. The Bertz CT molecular complexity index is 1300. The minimum atomic E-state index is -0.471. The van der Waals surface area contributed by atoms with E-state index >= 15 is 0 Å². The van der Waals surface area contributed by atoms with Crippen LogP contribution in [-0.4, -0.2) is 10.1 Å². The highest BCUT2D eigenvalue weighted by Gasteiger charge is 2.43. The maximum Gasteiger partial charge on any atom is 0.174 e. The summed E-state index contributed by atoms with van der Waals surface area (Å²) in [7, 11) is 0. The van der Waals surface area contributed by atoms with Crippen LogP contribution in [0.3, 0.4) is 0 Å². The Morgan fingerprint density at radius 3 is 2.56 bits per heavy atom. The molecule has 4 aromatic rings. The molecular formula is C24H16Cl2FN3OS. The van der Waals surface area contributed by atoms with Gasteiger partial charge >= 0.3 is 0 Å². The second-order valence-corrected chi connectivity index (χ2v) is 8.42. The number of furan rings is 1. The van der Waals surface area contributed by atoms with Gasteiger partial charge in [0.05, 0.1) is 27.5 Å². The molecule has 2 aromatic heterocycles. The molecule has 0 amide bonds. The van der Waals surface area contributed by atoms with Crippen LogP contribution in [-0.2, 0) is 0 Å². The molecule has 160 valence electrons. The molecule has 2 atom stereocenters. The van der Waals surface area contributed by atoms with Crippen LogP contribution in [0.4, 0.5) is 10.1 Å². The van der Waals surface area contributed by atoms with Crippen molar-refractivity contribution in [2.24, 2.45) is 0 Å². The Balaban J connectivity index is 1.63. The molecular weight excluding hydrogens is 468 g/mol. The van der Waals surface area contributed by atoms with Gasteiger partial charge < -0.3 is 14.6 Å². The number of pyridine rings is 1. The lowest BCUT2D eigenvalue weighted by atomic mass is 10.0. The van der Waals surface area contributed by atoms with Crippen molar-refractivity contribution in [3.8, 4) is 11.3 Å². The molecule has 0 spiro atoms. The van der Waals surface area contributed by atoms with Gasteiger partial charge in [0.1, 0.15) is 23.4 Å². The number of nitrogens with zero attached hydrogens (tertiary/aromatic N) is 2. The van der Waals surface area contributed by atoms with Gasteiger partial charge in [-0.25, -0.2) is 4.39 Å². The smallest absolute Gasteiger partial charge is 0.174 e. The monoisotopic (exact) mass is 483 g/mol. The summed E-state index contributed by atoms with van der Waals surface area (Å²) in [5, 5.41) is 4.51. The first-order chi connectivity index (χ1) is 15.5. The Morgan fingerprint density at radius 2 is 1.78 bits per heavy atom. The summed E-state index contributed by atoms with van der Waals surface area (Å²) in [6, 6.07) is 20.3. The summed E-state index contributed by atoms with van der Waals surface area (Å²) in [4.78, 5) is 6.22. The quantitative estimate of drug-likeness (QED) is 0.317. The normalized spacial score (nSPS) is 18.1. The number of rotatable bonds is 4. The molecule has 2 aromatic carbocycles. The summed E-state index contributed by atoms with van der Waals surface area (Å²) in [5.74, 6) is 0.758. The van der Waals surface area contributed by atoms with Crippen LogP contribution in [0.15, 0.2) is 83.4 Å². The van der Waals surface area contributed by atoms with Gasteiger partial charge in [-0.1, -0.05) is 47.5 Å². The third-order valence-corrected chi connectivity index (χ3v) is 6.48. The molecule has 2 unspecified atom stereocenters. The van der Waals surface area contributed by atoms with Crippen molar-refractivity contribution in [3.63, 3.8) is 0 Å². The van der Waals surface area contributed by atoms with E-state index in [1.54, 1.807) is 41.4 Å². The Kier molecular flexibility index (Phi) is 5.59. The minimum absolute atomic E-state index is 0.350. The number of benzene rings is 2. The molecule has 0 aliphatic carbocycles. The number of hydrogen-bond donors (Lipinski definition) is 1. The van der Waals surface area contributed by atoms with Gasteiger partial charge in [-0.05, 0) is 60.7 Å². The number of thiocarbonyl (C=S) groups is 1. The van der Waals surface area contributed by atoms with Crippen molar-refractivity contribution in [2.75, 3.05) is 4.90 Å². The second-order valence-electron chi connectivity index (χ2n) is 7.25. The van der Waals surface area contributed by atoms with E-state index in [1.165, 1.54) is 6.07 Å². The molecule has 5 rings (SSSR count). The molecule has 8 heteroatoms. The summed E-state index contributed by atoms with van der Waals surface area (Å²) in [6.45, 7) is 0. The number of anilines is 1. The van der Waals surface area contributed by atoms with Crippen LogP contribution in [0.5, 0.6) is 0 Å². The van der Waals surface area contributed by atoms with Gasteiger partial charge in [-0.15, -0.1) is 0 Å². The maximum absolute atomic E-state index is 14.8. The van der Waals surface area contributed by atoms with Crippen molar-refractivity contribution in [3.05, 3.63) is 106 Å². The zero-order valence-corrected chi connectivity index (χ0v) is 18.8. The molecule has 32 heavy (non-hydrogen) atoms. The number of halogens is 3. The van der Waals surface area contributed by atoms with Crippen LogP contribution in [0.2, 0.25) is 10.0 Å². The lowest BCUT2D eigenvalue weighted by Gasteiger charge is -2.26. The van der Waals surface area contributed by atoms with Crippen molar-refractivity contribution in [1.29, 1.82) is 0 Å². The van der Waals surface area contributed by atoms with E-state index in [9.17, 15) is 4.39 Å². The second kappa shape index (κ2) is 8.54. The molecule has 1 saturated heterocycles. The standard InChI is InChI=1S/C24H16Cl2FN3OS/c25-15-7-5-6-14(21(15)26)19-11-12-20(31-19)23-22(17-9-3-4-13-28-17)29-24(32)30(23)18-10-2-1-8-16(18)27/h1-13,22-23H,(H,29,32). The zero-order valence-electron chi connectivity index (χ0n) is 16.5. The molecule has 1 fully saturated rings. The lowest BCUT2D eigenvalue weighted by molar-refractivity contribution is 0.438. The molecule has 1 aliphatic heterocycles. The Hall–Kier alpha value is -2.93. The number of aromatic nitrogens is 1. The highest BCUT2D eigenvalue weighted by Crippen LogP contribution is 2.44. The largest absolute Gasteiger partial charge is 0.459 e. The summed E-state index contributed by atoms with van der Waals surface area (Å²) >= 11 is 18.2. The van der Waals surface area contributed by atoms with Gasteiger partial charge in [0.25, 0.3) is 0 Å². The SMILES string of the molecule is Fc1ccccc1N1C(=S)NC(c2ccccn2)C1c1ccc(-c2cccc(Cl)c2Cl)o1. The van der Waals surface area contributed by atoms with E-state index in [1.807, 2.05) is 36.4 Å². The van der Waals surface area contributed by atoms with E-state index in [4.69, 9.17) is 39.8 Å². The average Bonchev–Trinajstić information content (AvgIpc) is 3.41. The van der Waals surface area contributed by atoms with E-state index < -0.39 is 6.04 Å². The Morgan fingerprint density at radius 1 is 0.969 bits per heavy atom. The van der Waals surface area contributed by atoms with Gasteiger partial charge in [0, 0.05) is 11.8 Å². The predicted molar refractivity (Wildman–Crippen MR) is 128 cm³/mol. The van der Waals surface area contributed by atoms with E-state index in [0.29, 0.717) is 37.9 Å². The summed E-state index contributed by atoms with van der Waals surface area (Å²) in [5.41, 5.74) is 1.79. The fraction of sp³-hybridized carbons (Fsp3) is 0.0833. The fourth-order valence-electron chi connectivity index (χ4n) is 3.90. The molecule has 1 aliphatic rings. The summed E-state index contributed by atoms with van der Waals surface area (Å²) in [6.07, 6.45) is 1.71. The highest BCUT2D eigenvalue weighted by molar-refractivity contribution is 7.80. The van der Waals surface area contributed by atoms with Crippen LogP contribution in [0, 0.1) is 5.82 Å². The molecule has 3 heterocycles. The third-order valence-electron chi connectivity index (χ3n) is 5.35. The van der Waals surface area contributed by atoms with Crippen molar-refractivity contribution in [1.82, 2.24) is 10.3 Å². The molecule has 4 nitrogen and oxygen atoms in total. The fourth-order valence-corrected chi connectivity index (χ4v) is 4.63. The van der Waals surface area contributed by atoms with Gasteiger partial charge in [0.2, 0.25) is 0 Å². The topological polar surface area (TPSA) is 41.3 Å². The lowest BCUT2D eigenvalue weighted by Crippen LogP contribution is -2.30. The summed E-state index contributed by atoms with van der Waals surface area (Å²) < 4.78 is 21.0. The number of hydrogen-bond acceptors (Lipinski definition) is 3. The molecule has 1 N–H and O–H groups in total. The molecule has 0 radical (unpaired) electrons. The first-order valence-corrected chi connectivity index (χ1v) is 11.0. The Labute approximate surface area is 199 Å². The van der Waals surface area contributed by atoms with Crippen LogP contribution in [0.25, 0.3) is 11.3 Å². The molecule has 0 bridgehead atoms. The highest BCUT2D eigenvalue weighted by atomic mass is 35.5. The third kappa shape index (κ3) is 3.64. The van der Waals surface area contributed by atoms with Crippen LogP contribution < -0.4 is 10.2 Å².